The summed E-state index contributed by atoms with van der Waals surface area (Å²) in [7, 11) is 0. The number of hydrogen-bond donors (Lipinski definition) is 1. The molecule has 3 rings (SSSR count). The third kappa shape index (κ3) is 3.14. The highest BCUT2D eigenvalue weighted by molar-refractivity contribution is 5.56. The van der Waals surface area contributed by atoms with Crippen molar-refractivity contribution in [3.63, 3.8) is 0 Å². The monoisotopic (exact) mass is 278 g/mol. The second-order valence-electron chi connectivity index (χ2n) is 4.83. The van der Waals surface area contributed by atoms with Gasteiger partial charge in [-0.3, -0.25) is 0 Å². The molecule has 1 N–H and O–H groups in total. The third-order valence-corrected chi connectivity index (χ3v) is 3.29. The molecule has 0 aliphatic carbocycles. The van der Waals surface area contributed by atoms with E-state index in [9.17, 15) is 0 Å². The van der Waals surface area contributed by atoms with Crippen LogP contribution >= 0.6 is 0 Å². The van der Waals surface area contributed by atoms with Crippen LogP contribution in [0, 0.1) is 0 Å². The molecule has 2 aromatic carbocycles. The van der Waals surface area contributed by atoms with Crippen LogP contribution in [0.4, 0.5) is 0 Å². The van der Waals surface area contributed by atoms with Gasteiger partial charge >= 0.3 is 0 Å². The molecule has 106 valence electrons. The minimum Gasteiger partial charge on any atom is -0.477 e. The first-order valence-electron chi connectivity index (χ1n) is 7.18. The molecule has 0 spiro atoms. The second-order valence-corrected chi connectivity index (χ2v) is 4.83. The molecule has 0 bridgehead atoms. The van der Waals surface area contributed by atoms with Crippen LogP contribution in [0.3, 0.4) is 0 Å². The SMILES string of the molecule is CCOc1nc(-c2ccccc2)[nH]c1Cc1ccccc1. The third-order valence-electron chi connectivity index (χ3n) is 3.29. The Balaban J connectivity index is 1.93. The lowest BCUT2D eigenvalue weighted by atomic mass is 10.1. The van der Waals surface area contributed by atoms with Gasteiger partial charge in [-0.2, -0.15) is 4.98 Å². The van der Waals surface area contributed by atoms with E-state index in [1.807, 2.05) is 55.5 Å². The maximum atomic E-state index is 5.67. The van der Waals surface area contributed by atoms with E-state index in [4.69, 9.17) is 4.74 Å². The standard InChI is InChI=1S/C18H18N2O/c1-2-21-18-16(13-14-9-5-3-6-10-14)19-17(20-18)15-11-7-4-8-12-15/h3-12H,2,13H2,1H3,(H,19,20). The highest BCUT2D eigenvalue weighted by Gasteiger charge is 2.13. The number of nitrogens with zero attached hydrogens (tertiary/aromatic N) is 1. The maximum Gasteiger partial charge on any atom is 0.235 e. The Kier molecular flexibility index (Phi) is 4.01. The normalized spacial score (nSPS) is 10.5. The van der Waals surface area contributed by atoms with Crippen molar-refractivity contribution in [3.05, 3.63) is 71.9 Å². The number of H-pyrrole nitrogens is 1. The fourth-order valence-corrected chi connectivity index (χ4v) is 2.30. The Hall–Kier alpha value is -2.55. The van der Waals surface area contributed by atoms with Crippen LogP contribution in [0.1, 0.15) is 18.2 Å². The first kappa shape index (κ1) is 13.4. The van der Waals surface area contributed by atoms with E-state index < -0.39 is 0 Å². The van der Waals surface area contributed by atoms with Crippen LogP contribution in [0.25, 0.3) is 11.4 Å². The molecule has 0 fully saturated rings. The summed E-state index contributed by atoms with van der Waals surface area (Å²) in [6.45, 7) is 2.59. The van der Waals surface area contributed by atoms with E-state index >= 15 is 0 Å². The molecule has 1 heterocycles. The number of rotatable bonds is 5. The molecule has 0 aliphatic heterocycles. The van der Waals surface area contributed by atoms with Gasteiger partial charge in [-0.15, -0.1) is 0 Å². The van der Waals surface area contributed by atoms with Crippen LogP contribution in [0.15, 0.2) is 60.7 Å². The van der Waals surface area contributed by atoms with E-state index in [0.717, 1.165) is 23.5 Å². The summed E-state index contributed by atoms with van der Waals surface area (Å²) >= 11 is 0. The van der Waals surface area contributed by atoms with Crippen LogP contribution in [-0.4, -0.2) is 16.6 Å². The summed E-state index contributed by atoms with van der Waals surface area (Å²) < 4.78 is 5.67. The molecule has 3 aromatic rings. The van der Waals surface area contributed by atoms with Gasteiger partial charge in [0.2, 0.25) is 5.88 Å². The van der Waals surface area contributed by atoms with E-state index in [-0.39, 0.29) is 0 Å². The van der Waals surface area contributed by atoms with Crippen molar-refractivity contribution >= 4 is 0 Å². The zero-order chi connectivity index (χ0) is 14.5. The summed E-state index contributed by atoms with van der Waals surface area (Å²) in [4.78, 5) is 7.98. The predicted molar refractivity (Wildman–Crippen MR) is 84.4 cm³/mol. The quantitative estimate of drug-likeness (QED) is 0.764. The van der Waals surface area contributed by atoms with E-state index in [0.29, 0.717) is 12.5 Å². The van der Waals surface area contributed by atoms with Crippen molar-refractivity contribution in [2.75, 3.05) is 6.61 Å². The Morgan fingerprint density at radius 1 is 0.952 bits per heavy atom. The van der Waals surface area contributed by atoms with Crippen LogP contribution in [0.5, 0.6) is 5.88 Å². The van der Waals surface area contributed by atoms with Gasteiger partial charge in [0.15, 0.2) is 0 Å². The van der Waals surface area contributed by atoms with Crippen molar-refractivity contribution in [1.82, 2.24) is 9.97 Å². The fourth-order valence-electron chi connectivity index (χ4n) is 2.30. The second kappa shape index (κ2) is 6.27. The van der Waals surface area contributed by atoms with Crippen molar-refractivity contribution in [1.29, 1.82) is 0 Å². The Morgan fingerprint density at radius 2 is 1.62 bits per heavy atom. The molecular weight excluding hydrogens is 260 g/mol. The van der Waals surface area contributed by atoms with Gasteiger partial charge in [-0.25, -0.2) is 0 Å². The van der Waals surface area contributed by atoms with Crippen molar-refractivity contribution in [2.45, 2.75) is 13.3 Å². The molecule has 0 atom stereocenters. The number of nitrogens with one attached hydrogen (secondary N) is 1. The van der Waals surface area contributed by atoms with Gasteiger partial charge in [0, 0.05) is 12.0 Å². The number of benzene rings is 2. The minimum atomic E-state index is 0.612. The van der Waals surface area contributed by atoms with Crippen molar-refractivity contribution in [2.24, 2.45) is 0 Å². The first-order valence-corrected chi connectivity index (χ1v) is 7.18. The van der Waals surface area contributed by atoms with Crippen molar-refractivity contribution < 1.29 is 4.74 Å². The molecule has 3 nitrogen and oxygen atoms in total. The Morgan fingerprint density at radius 3 is 2.29 bits per heavy atom. The van der Waals surface area contributed by atoms with E-state index in [1.165, 1.54) is 5.56 Å². The lowest BCUT2D eigenvalue weighted by Gasteiger charge is -2.03. The number of ether oxygens (including phenoxy) is 1. The van der Waals surface area contributed by atoms with Crippen LogP contribution in [-0.2, 0) is 6.42 Å². The molecule has 0 saturated heterocycles. The Labute approximate surface area is 124 Å². The van der Waals surface area contributed by atoms with Gasteiger partial charge in [-0.1, -0.05) is 60.7 Å². The topological polar surface area (TPSA) is 37.9 Å². The van der Waals surface area contributed by atoms with Gasteiger partial charge in [0.05, 0.1) is 12.3 Å². The lowest BCUT2D eigenvalue weighted by Crippen LogP contribution is -1.97. The highest BCUT2D eigenvalue weighted by Crippen LogP contribution is 2.24. The highest BCUT2D eigenvalue weighted by atomic mass is 16.5. The Bertz CT molecular complexity index is 690. The van der Waals surface area contributed by atoms with Crippen LogP contribution in [0.2, 0.25) is 0 Å². The maximum absolute atomic E-state index is 5.67. The number of hydrogen-bond acceptors (Lipinski definition) is 2. The number of imidazole rings is 1. The summed E-state index contributed by atoms with van der Waals surface area (Å²) in [6, 6.07) is 20.4. The fraction of sp³-hybridized carbons (Fsp3) is 0.167. The summed E-state index contributed by atoms with van der Waals surface area (Å²) in [5.41, 5.74) is 3.32. The minimum absolute atomic E-state index is 0.612. The lowest BCUT2D eigenvalue weighted by molar-refractivity contribution is 0.325. The molecule has 0 amide bonds. The molecular formula is C18H18N2O. The molecule has 0 aliphatic rings. The average Bonchev–Trinajstić information content (AvgIpc) is 2.93. The molecule has 0 saturated carbocycles. The van der Waals surface area contributed by atoms with Gasteiger partial charge in [-0.05, 0) is 12.5 Å². The summed E-state index contributed by atoms with van der Waals surface area (Å²) in [5, 5.41) is 0. The smallest absolute Gasteiger partial charge is 0.235 e. The molecule has 0 unspecified atom stereocenters. The number of aromatic amines is 1. The van der Waals surface area contributed by atoms with E-state index in [1.54, 1.807) is 0 Å². The zero-order valence-electron chi connectivity index (χ0n) is 12.0. The zero-order valence-corrected chi connectivity index (χ0v) is 12.0. The first-order chi connectivity index (χ1) is 10.4. The van der Waals surface area contributed by atoms with Gasteiger partial charge in [0.1, 0.15) is 5.82 Å². The average molecular weight is 278 g/mol. The predicted octanol–water partition coefficient (Wildman–Crippen LogP) is 4.07. The summed E-state index contributed by atoms with van der Waals surface area (Å²) in [6.07, 6.45) is 0.788. The largest absolute Gasteiger partial charge is 0.477 e. The number of aromatic nitrogens is 2. The molecule has 0 radical (unpaired) electrons. The van der Waals surface area contributed by atoms with Gasteiger partial charge < -0.3 is 9.72 Å². The molecule has 21 heavy (non-hydrogen) atoms. The molecule has 1 aromatic heterocycles. The van der Waals surface area contributed by atoms with Crippen molar-refractivity contribution in [3.8, 4) is 17.3 Å². The summed E-state index contributed by atoms with van der Waals surface area (Å²) in [5.74, 6) is 1.55. The van der Waals surface area contributed by atoms with E-state index in [2.05, 4.69) is 22.1 Å². The van der Waals surface area contributed by atoms with Gasteiger partial charge in [0.25, 0.3) is 0 Å². The molecule has 3 heteroatoms. The van der Waals surface area contributed by atoms with Crippen LogP contribution < -0.4 is 4.74 Å².